The molecule has 1 aliphatic carbocycles. The number of benzene rings is 4. The van der Waals surface area contributed by atoms with E-state index in [1.165, 1.54) is 72.8 Å². The standard InChI is InChI=1S/C32H19F9O3/c1-19(33)42-25-12-6-22(7-13-25)24-10-16-27(17-11-24)44-32(41)30(38,39)29(36,37)31(32,40)43-26-14-8-23(9-15-26)21-4-2-20(3-5-21)18-28(34)35/h2-18H,1H2. The van der Waals surface area contributed by atoms with E-state index in [4.69, 9.17) is 4.74 Å². The summed E-state index contributed by atoms with van der Waals surface area (Å²) in [6, 6.07) is 19.4. The van der Waals surface area contributed by atoms with E-state index in [1.54, 1.807) is 0 Å². The Hall–Kier alpha value is -4.87. The Morgan fingerprint density at radius 2 is 0.818 bits per heavy atom. The highest BCUT2D eigenvalue weighted by molar-refractivity contribution is 5.67. The second kappa shape index (κ2) is 11.0. The monoisotopic (exact) mass is 622 g/mol. The van der Waals surface area contributed by atoms with E-state index in [1.807, 2.05) is 0 Å². The highest BCUT2D eigenvalue weighted by Gasteiger charge is 3.03. The lowest BCUT2D eigenvalue weighted by atomic mass is 9.76. The van der Waals surface area contributed by atoms with Gasteiger partial charge in [-0.05, 0) is 70.8 Å². The fourth-order valence-electron chi connectivity index (χ4n) is 4.50. The largest absolute Gasteiger partial charge is 0.447 e. The van der Waals surface area contributed by atoms with Gasteiger partial charge in [-0.3, -0.25) is 0 Å². The van der Waals surface area contributed by atoms with Crippen molar-refractivity contribution >= 4 is 6.08 Å². The molecule has 5 rings (SSSR count). The molecule has 1 saturated carbocycles. The Morgan fingerprint density at radius 1 is 0.500 bits per heavy atom. The molecule has 4 aromatic carbocycles. The van der Waals surface area contributed by atoms with Crippen molar-refractivity contribution < 1.29 is 53.7 Å². The number of rotatable bonds is 9. The number of hydrogen-bond acceptors (Lipinski definition) is 3. The van der Waals surface area contributed by atoms with Crippen molar-refractivity contribution in [1.29, 1.82) is 0 Å². The van der Waals surface area contributed by atoms with Gasteiger partial charge in [0.05, 0.1) is 0 Å². The van der Waals surface area contributed by atoms with Crippen LogP contribution in [0.25, 0.3) is 28.3 Å². The predicted octanol–water partition coefficient (Wildman–Crippen LogP) is 10.2. The molecule has 1 fully saturated rings. The smallest absolute Gasteiger partial charge is 0.395 e. The second-order valence-corrected chi connectivity index (χ2v) is 9.63. The van der Waals surface area contributed by atoms with E-state index < -0.39 is 47.1 Å². The molecule has 0 radical (unpaired) electrons. The van der Waals surface area contributed by atoms with Gasteiger partial charge in [0.25, 0.3) is 12.1 Å². The molecular formula is C32H19F9O3. The van der Waals surface area contributed by atoms with E-state index in [0.717, 1.165) is 24.3 Å². The lowest BCUT2D eigenvalue weighted by molar-refractivity contribution is -0.527. The fourth-order valence-corrected chi connectivity index (χ4v) is 4.50. The number of alkyl halides is 6. The van der Waals surface area contributed by atoms with Gasteiger partial charge in [0.2, 0.25) is 0 Å². The van der Waals surface area contributed by atoms with E-state index >= 15 is 8.78 Å². The van der Waals surface area contributed by atoms with Crippen LogP contribution in [0.5, 0.6) is 17.2 Å². The van der Waals surface area contributed by atoms with Crippen LogP contribution >= 0.6 is 0 Å². The summed E-state index contributed by atoms with van der Waals surface area (Å²) >= 11 is 0. The number of ether oxygens (including phenoxy) is 3. The average Bonchev–Trinajstić information content (AvgIpc) is 2.97. The molecule has 0 N–H and O–H groups in total. The number of halogens is 9. The molecule has 12 heteroatoms. The molecule has 0 amide bonds. The first-order valence-corrected chi connectivity index (χ1v) is 12.6. The second-order valence-electron chi connectivity index (χ2n) is 9.63. The molecule has 0 saturated heterocycles. The maximum absolute atomic E-state index is 15.6. The summed E-state index contributed by atoms with van der Waals surface area (Å²) in [5.74, 6) is -22.4. The first-order chi connectivity index (χ1) is 20.7. The normalized spacial score (nSPS) is 21.5. The summed E-state index contributed by atoms with van der Waals surface area (Å²) in [5.41, 5.74) is 2.07. The zero-order valence-corrected chi connectivity index (χ0v) is 22.1. The topological polar surface area (TPSA) is 27.7 Å². The zero-order valence-electron chi connectivity index (χ0n) is 22.1. The first kappa shape index (κ1) is 30.6. The third-order valence-electron chi connectivity index (χ3n) is 6.78. The summed E-state index contributed by atoms with van der Waals surface area (Å²) < 4.78 is 140. The lowest BCUT2D eigenvalue weighted by Gasteiger charge is -2.55. The van der Waals surface area contributed by atoms with E-state index in [2.05, 4.69) is 16.1 Å². The van der Waals surface area contributed by atoms with Crippen LogP contribution in [-0.2, 0) is 0 Å². The highest BCUT2D eigenvalue weighted by atomic mass is 19.3. The zero-order chi connectivity index (χ0) is 31.9. The molecule has 0 heterocycles. The molecule has 2 atom stereocenters. The molecule has 0 spiro atoms. The molecule has 2 unspecified atom stereocenters. The van der Waals surface area contributed by atoms with Gasteiger partial charge in [-0.1, -0.05) is 60.7 Å². The van der Waals surface area contributed by atoms with Crippen molar-refractivity contribution in [3.8, 4) is 39.5 Å². The van der Waals surface area contributed by atoms with Crippen molar-refractivity contribution in [2.45, 2.75) is 23.6 Å². The maximum atomic E-state index is 15.6. The predicted molar refractivity (Wildman–Crippen MR) is 144 cm³/mol. The van der Waals surface area contributed by atoms with Crippen molar-refractivity contribution in [2.75, 3.05) is 0 Å². The van der Waals surface area contributed by atoms with Crippen LogP contribution in [0.2, 0.25) is 0 Å². The minimum atomic E-state index is -5.63. The van der Waals surface area contributed by atoms with Crippen LogP contribution in [0.3, 0.4) is 0 Å². The van der Waals surface area contributed by atoms with Gasteiger partial charge in [0, 0.05) is 6.08 Å². The average molecular weight is 622 g/mol. The lowest BCUT2D eigenvalue weighted by Crippen LogP contribution is -2.89. The summed E-state index contributed by atoms with van der Waals surface area (Å²) in [4.78, 5) is 0. The molecule has 1 aliphatic rings. The SMILES string of the molecule is C=C(F)Oc1ccc(-c2ccc(OC3(F)C(F)(F)C(F)(F)C3(F)Oc3ccc(-c4ccc(C=C(F)F)cc4)cc3)cc2)cc1. The molecule has 0 aliphatic heterocycles. The third-order valence-corrected chi connectivity index (χ3v) is 6.78. The third kappa shape index (κ3) is 5.14. The highest BCUT2D eigenvalue weighted by Crippen LogP contribution is 2.68. The fraction of sp³-hybridized carbons (Fsp3) is 0.125. The van der Waals surface area contributed by atoms with Crippen molar-refractivity contribution in [1.82, 2.24) is 0 Å². The summed E-state index contributed by atoms with van der Waals surface area (Å²) in [6.45, 7) is 2.97. The van der Waals surface area contributed by atoms with Gasteiger partial charge in [-0.2, -0.15) is 39.5 Å². The molecule has 0 bridgehead atoms. The van der Waals surface area contributed by atoms with Crippen LogP contribution < -0.4 is 14.2 Å². The molecular weight excluding hydrogens is 603 g/mol. The maximum Gasteiger partial charge on any atom is 0.395 e. The van der Waals surface area contributed by atoms with E-state index in [0.29, 0.717) is 28.3 Å². The minimum Gasteiger partial charge on any atom is -0.447 e. The van der Waals surface area contributed by atoms with Crippen LogP contribution in [-0.4, -0.2) is 23.6 Å². The Bertz CT molecular complexity index is 1680. The van der Waals surface area contributed by atoms with E-state index in [-0.39, 0.29) is 11.3 Å². The summed E-state index contributed by atoms with van der Waals surface area (Å²) in [7, 11) is 0. The minimum absolute atomic E-state index is 0.141. The van der Waals surface area contributed by atoms with Crippen LogP contribution in [0.1, 0.15) is 5.56 Å². The Balaban J connectivity index is 1.35. The van der Waals surface area contributed by atoms with Crippen LogP contribution in [0, 0.1) is 0 Å². The van der Waals surface area contributed by atoms with Gasteiger partial charge in [-0.15, -0.1) is 0 Å². The van der Waals surface area contributed by atoms with E-state index in [9.17, 15) is 30.7 Å². The molecule has 3 nitrogen and oxygen atoms in total. The van der Waals surface area contributed by atoms with Crippen LogP contribution in [0.4, 0.5) is 39.5 Å². The summed E-state index contributed by atoms with van der Waals surface area (Å²) in [5, 5.41) is 0. The van der Waals surface area contributed by atoms with Crippen LogP contribution in [0.15, 0.2) is 116 Å². The quantitative estimate of drug-likeness (QED) is 0.137. The molecule has 4 aromatic rings. The van der Waals surface area contributed by atoms with Gasteiger partial charge in [0.1, 0.15) is 17.2 Å². The van der Waals surface area contributed by atoms with Gasteiger partial charge >= 0.3 is 23.6 Å². The van der Waals surface area contributed by atoms with Gasteiger partial charge < -0.3 is 14.2 Å². The Morgan fingerprint density at radius 3 is 1.14 bits per heavy atom. The van der Waals surface area contributed by atoms with Crippen molar-refractivity contribution in [2.24, 2.45) is 0 Å². The molecule has 44 heavy (non-hydrogen) atoms. The van der Waals surface area contributed by atoms with Crippen molar-refractivity contribution in [3.63, 3.8) is 0 Å². The Kier molecular flexibility index (Phi) is 7.65. The van der Waals surface area contributed by atoms with Crippen molar-refractivity contribution in [3.05, 3.63) is 121 Å². The summed E-state index contributed by atoms with van der Waals surface area (Å²) in [6.07, 6.45) is -1.26. The Labute approximate surface area is 244 Å². The first-order valence-electron chi connectivity index (χ1n) is 12.6. The number of hydrogen-bond donors (Lipinski definition) is 0. The van der Waals surface area contributed by atoms with Gasteiger partial charge in [0.15, 0.2) is 0 Å². The molecule has 228 valence electrons. The van der Waals surface area contributed by atoms with Gasteiger partial charge in [-0.25, -0.2) is 0 Å². The molecule has 0 aromatic heterocycles.